The molecule has 23 heavy (non-hydrogen) atoms. The summed E-state index contributed by atoms with van der Waals surface area (Å²) in [6.07, 6.45) is 1.54. The Morgan fingerprint density at radius 1 is 1.35 bits per heavy atom. The Hall–Kier alpha value is -1.63. The van der Waals surface area contributed by atoms with Crippen molar-refractivity contribution in [2.24, 2.45) is 0 Å². The maximum atomic E-state index is 12.3. The van der Waals surface area contributed by atoms with E-state index < -0.39 is 0 Å². The SMILES string of the molecule is C[C@@H](Sc1ncnc2sccc12)C(=O)NCc1ccccc1Cl. The van der Waals surface area contributed by atoms with Crippen LogP contribution in [-0.2, 0) is 11.3 Å². The summed E-state index contributed by atoms with van der Waals surface area (Å²) in [6, 6.07) is 9.47. The van der Waals surface area contributed by atoms with Crippen LogP contribution in [0.5, 0.6) is 0 Å². The van der Waals surface area contributed by atoms with E-state index in [1.54, 1.807) is 11.3 Å². The second-order valence-electron chi connectivity index (χ2n) is 4.89. The number of nitrogens with zero attached hydrogens (tertiary/aromatic N) is 2. The van der Waals surface area contributed by atoms with E-state index in [0.717, 1.165) is 20.8 Å². The highest BCUT2D eigenvalue weighted by Crippen LogP contribution is 2.30. The third-order valence-corrected chi connectivity index (χ3v) is 5.60. The monoisotopic (exact) mass is 363 g/mol. The van der Waals surface area contributed by atoms with E-state index in [-0.39, 0.29) is 11.2 Å². The maximum absolute atomic E-state index is 12.3. The van der Waals surface area contributed by atoms with Crippen molar-refractivity contribution in [3.63, 3.8) is 0 Å². The average molecular weight is 364 g/mol. The molecule has 0 bridgehead atoms. The van der Waals surface area contributed by atoms with Gasteiger partial charge in [0, 0.05) is 17.0 Å². The molecule has 118 valence electrons. The van der Waals surface area contributed by atoms with E-state index in [0.29, 0.717) is 11.6 Å². The summed E-state index contributed by atoms with van der Waals surface area (Å²) < 4.78 is 0. The standard InChI is InChI=1S/C16H14ClN3OS2/c1-10(14(21)18-8-11-4-2-3-5-13(11)17)23-16-12-6-7-22-15(12)19-9-20-16/h2-7,9-10H,8H2,1H3,(H,18,21)/t10-/m1/s1. The molecule has 1 aromatic carbocycles. The molecule has 0 aliphatic carbocycles. The fourth-order valence-corrected chi connectivity index (χ4v) is 3.97. The molecule has 0 aliphatic heterocycles. The predicted molar refractivity (Wildman–Crippen MR) is 96.0 cm³/mol. The number of carbonyl (C=O) groups is 1. The van der Waals surface area contributed by atoms with Crippen LogP contribution in [0, 0.1) is 0 Å². The van der Waals surface area contributed by atoms with Crippen LogP contribution in [-0.4, -0.2) is 21.1 Å². The number of hydrogen-bond acceptors (Lipinski definition) is 5. The Morgan fingerprint density at radius 3 is 3.00 bits per heavy atom. The summed E-state index contributed by atoms with van der Waals surface area (Å²) in [6.45, 7) is 2.29. The lowest BCUT2D eigenvalue weighted by atomic mass is 10.2. The minimum atomic E-state index is -0.254. The lowest BCUT2D eigenvalue weighted by Crippen LogP contribution is -2.30. The van der Waals surface area contributed by atoms with E-state index in [4.69, 9.17) is 11.6 Å². The summed E-state index contributed by atoms with van der Waals surface area (Å²) in [5.74, 6) is -0.0445. The molecule has 0 fully saturated rings. The first kappa shape index (κ1) is 16.2. The van der Waals surface area contributed by atoms with Gasteiger partial charge in [0.1, 0.15) is 16.2 Å². The Balaban J connectivity index is 1.64. The molecule has 0 saturated carbocycles. The molecule has 0 unspecified atom stereocenters. The highest BCUT2D eigenvalue weighted by atomic mass is 35.5. The zero-order valence-electron chi connectivity index (χ0n) is 12.3. The van der Waals surface area contributed by atoms with Gasteiger partial charge in [-0.1, -0.05) is 41.6 Å². The molecule has 1 amide bonds. The third kappa shape index (κ3) is 3.83. The zero-order chi connectivity index (χ0) is 16.2. The highest BCUT2D eigenvalue weighted by molar-refractivity contribution is 8.00. The molecule has 0 radical (unpaired) electrons. The molecule has 1 N–H and O–H groups in total. The van der Waals surface area contributed by atoms with Gasteiger partial charge in [0.2, 0.25) is 5.91 Å². The van der Waals surface area contributed by atoms with E-state index in [2.05, 4.69) is 15.3 Å². The van der Waals surface area contributed by atoms with Gasteiger partial charge in [0.15, 0.2) is 0 Å². The van der Waals surface area contributed by atoms with Gasteiger partial charge in [-0.15, -0.1) is 11.3 Å². The quantitative estimate of drug-likeness (QED) is 0.546. The van der Waals surface area contributed by atoms with Crippen LogP contribution >= 0.6 is 34.7 Å². The second-order valence-corrected chi connectivity index (χ2v) is 7.52. The molecule has 2 heterocycles. The first-order valence-corrected chi connectivity index (χ1v) is 9.15. The minimum Gasteiger partial charge on any atom is -0.351 e. The fraction of sp³-hybridized carbons (Fsp3) is 0.188. The maximum Gasteiger partial charge on any atom is 0.233 e. The number of thiophene rings is 1. The Labute approximate surface area is 147 Å². The van der Waals surface area contributed by atoms with E-state index in [1.807, 2.05) is 42.6 Å². The number of rotatable bonds is 5. The minimum absolute atomic E-state index is 0.0445. The van der Waals surface area contributed by atoms with Gasteiger partial charge in [-0.05, 0) is 30.0 Å². The molecule has 1 atom stereocenters. The van der Waals surface area contributed by atoms with E-state index in [1.165, 1.54) is 18.1 Å². The lowest BCUT2D eigenvalue weighted by molar-refractivity contribution is -0.120. The Bertz CT molecular complexity index is 837. The predicted octanol–water partition coefficient (Wildman–Crippen LogP) is 4.14. The molecule has 2 aromatic heterocycles. The first-order chi connectivity index (χ1) is 11.1. The highest BCUT2D eigenvalue weighted by Gasteiger charge is 2.17. The number of benzene rings is 1. The van der Waals surface area contributed by atoms with Gasteiger partial charge >= 0.3 is 0 Å². The van der Waals surface area contributed by atoms with Crippen LogP contribution in [0.2, 0.25) is 5.02 Å². The summed E-state index contributed by atoms with van der Waals surface area (Å²) in [5, 5.41) is 7.12. The van der Waals surface area contributed by atoms with Crippen LogP contribution < -0.4 is 5.32 Å². The number of fused-ring (bicyclic) bond motifs is 1. The molecule has 3 aromatic rings. The smallest absolute Gasteiger partial charge is 0.233 e. The van der Waals surface area contributed by atoms with Crippen molar-refractivity contribution in [3.8, 4) is 0 Å². The molecule has 0 saturated heterocycles. The number of amides is 1. The van der Waals surface area contributed by atoms with Gasteiger partial charge in [-0.3, -0.25) is 4.79 Å². The van der Waals surface area contributed by atoms with Crippen molar-refractivity contribution in [2.45, 2.75) is 23.7 Å². The van der Waals surface area contributed by atoms with E-state index >= 15 is 0 Å². The van der Waals surface area contributed by atoms with Crippen LogP contribution in [0.3, 0.4) is 0 Å². The van der Waals surface area contributed by atoms with Crippen molar-refractivity contribution >= 4 is 50.8 Å². The van der Waals surface area contributed by atoms with Crippen LogP contribution in [0.1, 0.15) is 12.5 Å². The summed E-state index contributed by atoms with van der Waals surface area (Å²) in [5.41, 5.74) is 0.905. The lowest BCUT2D eigenvalue weighted by Gasteiger charge is -2.12. The van der Waals surface area contributed by atoms with Gasteiger partial charge in [-0.2, -0.15) is 0 Å². The van der Waals surface area contributed by atoms with Crippen molar-refractivity contribution in [2.75, 3.05) is 0 Å². The molecule has 0 aliphatic rings. The zero-order valence-corrected chi connectivity index (χ0v) is 14.7. The molecule has 4 nitrogen and oxygen atoms in total. The first-order valence-electron chi connectivity index (χ1n) is 7.01. The van der Waals surface area contributed by atoms with Crippen LogP contribution in [0.4, 0.5) is 0 Å². The summed E-state index contributed by atoms with van der Waals surface area (Å²) in [4.78, 5) is 21.7. The molecule has 0 spiro atoms. The van der Waals surface area contributed by atoms with Crippen molar-refractivity contribution < 1.29 is 4.79 Å². The van der Waals surface area contributed by atoms with Gasteiger partial charge < -0.3 is 5.32 Å². The largest absolute Gasteiger partial charge is 0.351 e. The Kier molecular flexibility index (Phi) is 5.15. The van der Waals surface area contributed by atoms with Crippen molar-refractivity contribution in [1.29, 1.82) is 0 Å². The molecular formula is C16H14ClN3OS2. The van der Waals surface area contributed by atoms with E-state index in [9.17, 15) is 4.79 Å². The average Bonchev–Trinajstić information content (AvgIpc) is 3.03. The Morgan fingerprint density at radius 2 is 2.17 bits per heavy atom. The van der Waals surface area contributed by atoms with Gasteiger partial charge in [0.25, 0.3) is 0 Å². The third-order valence-electron chi connectivity index (χ3n) is 3.29. The molecule has 3 rings (SSSR count). The number of carbonyl (C=O) groups excluding carboxylic acids is 1. The van der Waals surface area contributed by atoms with Crippen molar-refractivity contribution in [1.82, 2.24) is 15.3 Å². The number of nitrogens with one attached hydrogen (secondary N) is 1. The summed E-state index contributed by atoms with van der Waals surface area (Å²) in [7, 11) is 0. The normalized spacial score (nSPS) is 12.3. The number of thioether (sulfide) groups is 1. The van der Waals surface area contributed by atoms with Crippen molar-refractivity contribution in [3.05, 3.63) is 52.6 Å². The molecular weight excluding hydrogens is 350 g/mol. The topological polar surface area (TPSA) is 54.9 Å². The van der Waals surface area contributed by atoms with Gasteiger partial charge in [0.05, 0.1) is 5.25 Å². The van der Waals surface area contributed by atoms with Gasteiger partial charge in [-0.25, -0.2) is 9.97 Å². The number of halogens is 1. The van der Waals surface area contributed by atoms with Crippen LogP contribution in [0.15, 0.2) is 47.1 Å². The summed E-state index contributed by atoms with van der Waals surface area (Å²) >= 11 is 9.10. The van der Waals surface area contributed by atoms with Crippen LogP contribution in [0.25, 0.3) is 10.2 Å². The number of hydrogen-bond donors (Lipinski definition) is 1. The fourth-order valence-electron chi connectivity index (χ4n) is 2.05. The second kappa shape index (κ2) is 7.29. The molecule has 7 heteroatoms. The number of aromatic nitrogens is 2.